The van der Waals surface area contributed by atoms with Crippen molar-refractivity contribution in [2.24, 2.45) is 5.92 Å². The summed E-state index contributed by atoms with van der Waals surface area (Å²) in [6, 6.07) is 16.3. The van der Waals surface area contributed by atoms with Gasteiger partial charge in [0, 0.05) is 30.7 Å². The van der Waals surface area contributed by atoms with Gasteiger partial charge in [0.2, 0.25) is 10.0 Å². The predicted octanol–water partition coefficient (Wildman–Crippen LogP) is 3.86. The number of carbonyl (C=O) groups is 1. The zero-order chi connectivity index (χ0) is 21.0. The van der Waals surface area contributed by atoms with Gasteiger partial charge in [-0.2, -0.15) is 4.31 Å². The Bertz CT molecular complexity index is 943. The van der Waals surface area contributed by atoms with Crippen LogP contribution in [0.5, 0.6) is 0 Å². The minimum absolute atomic E-state index is 0.0906. The van der Waals surface area contributed by atoms with E-state index < -0.39 is 10.0 Å². The molecule has 2 amide bonds. The lowest BCUT2D eigenvalue weighted by molar-refractivity contribution is 0.166. The molecule has 2 aromatic carbocycles. The normalized spacial score (nSPS) is 16.6. The zero-order valence-corrected chi connectivity index (χ0v) is 19.0. The quantitative estimate of drug-likeness (QED) is 0.707. The molecule has 1 atom stereocenters. The van der Waals surface area contributed by atoms with Gasteiger partial charge in [0.15, 0.2) is 0 Å². The highest BCUT2D eigenvalue weighted by Gasteiger charge is 2.31. The summed E-state index contributed by atoms with van der Waals surface area (Å²) in [6.07, 6.45) is 0. The second-order valence-electron chi connectivity index (χ2n) is 7.43. The van der Waals surface area contributed by atoms with Gasteiger partial charge in [-0.05, 0) is 29.7 Å². The van der Waals surface area contributed by atoms with E-state index in [1.165, 1.54) is 4.31 Å². The second-order valence-corrected chi connectivity index (χ2v) is 10.3. The number of halogens is 1. The number of nitrogens with one attached hydrogen (secondary N) is 1. The monoisotopic (exact) mass is 479 g/mol. The Balaban J connectivity index is 1.63. The van der Waals surface area contributed by atoms with E-state index in [4.69, 9.17) is 0 Å². The first kappa shape index (κ1) is 21.8. The molecule has 0 saturated carbocycles. The van der Waals surface area contributed by atoms with Crippen LogP contribution in [0, 0.1) is 5.92 Å². The molecule has 1 aliphatic rings. The lowest BCUT2D eigenvalue weighted by Gasteiger charge is -2.35. The topological polar surface area (TPSA) is 69.7 Å². The van der Waals surface area contributed by atoms with Gasteiger partial charge in [0.1, 0.15) is 0 Å². The second kappa shape index (κ2) is 9.28. The molecule has 8 heteroatoms. The van der Waals surface area contributed by atoms with E-state index >= 15 is 0 Å². The Morgan fingerprint density at radius 3 is 2.24 bits per heavy atom. The standard InChI is InChI=1S/C21H26BrN3O3S/c1-16(2)20(17-7-4-3-5-8-17)23-21(26)24-11-13-25(14-12-24)29(27,28)19-10-6-9-18(22)15-19/h3-10,15-16,20H,11-14H2,1-2H3,(H,23,26)/t20-/m1/s1. The summed E-state index contributed by atoms with van der Waals surface area (Å²) in [5, 5.41) is 3.11. The molecule has 1 fully saturated rings. The van der Waals surface area contributed by atoms with Crippen LogP contribution in [0.3, 0.4) is 0 Å². The van der Waals surface area contributed by atoms with Gasteiger partial charge in [0.25, 0.3) is 0 Å². The third-order valence-corrected chi connectivity index (χ3v) is 7.45. The average molecular weight is 480 g/mol. The van der Waals surface area contributed by atoms with Gasteiger partial charge in [-0.25, -0.2) is 13.2 Å². The summed E-state index contributed by atoms with van der Waals surface area (Å²) in [6.45, 7) is 5.41. The van der Waals surface area contributed by atoms with Crippen LogP contribution >= 0.6 is 15.9 Å². The number of carbonyl (C=O) groups excluding carboxylic acids is 1. The summed E-state index contributed by atoms with van der Waals surface area (Å²) in [5.74, 6) is 0.236. The third kappa shape index (κ3) is 5.18. The molecule has 0 bridgehead atoms. The highest BCUT2D eigenvalue weighted by molar-refractivity contribution is 9.10. The molecule has 0 unspecified atom stereocenters. The van der Waals surface area contributed by atoms with Gasteiger partial charge < -0.3 is 10.2 Å². The van der Waals surface area contributed by atoms with Gasteiger partial charge in [-0.3, -0.25) is 0 Å². The molecule has 1 saturated heterocycles. The number of amides is 2. The smallest absolute Gasteiger partial charge is 0.317 e. The van der Waals surface area contributed by atoms with Crippen LogP contribution in [-0.4, -0.2) is 49.8 Å². The van der Waals surface area contributed by atoms with Crippen LogP contribution < -0.4 is 5.32 Å². The number of hydrogen-bond donors (Lipinski definition) is 1. The molecule has 0 aliphatic carbocycles. The Hall–Kier alpha value is -1.90. The van der Waals surface area contributed by atoms with E-state index in [9.17, 15) is 13.2 Å². The van der Waals surface area contributed by atoms with Gasteiger partial charge in [-0.15, -0.1) is 0 Å². The number of sulfonamides is 1. The van der Waals surface area contributed by atoms with Crippen molar-refractivity contribution >= 4 is 32.0 Å². The number of hydrogen-bond acceptors (Lipinski definition) is 3. The Morgan fingerprint density at radius 2 is 1.66 bits per heavy atom. The van der Waals surface area contributed by atoms with E-state index in [1.54, 1.807) is 29.2 Å². The summed E-state index contributed by atoms with van der Waals surface area (Å²) in [5.41, 5.74) is 1.06. The maximum absolute atomic E-state index is 12.9. The van der Waals surface area contributed by atoms with Crippen molar-refractivity contribution in [2.75, 3.05) is 26.2 Å². The summed E-state index contributed by atoms with van der Waals surface area (Å²) < 4.78 is 27.9. The molecule has 2 aromatic rings. The molecule has 0 aromatic heterocycles. The molecule has 6 nitrogen and oxygen atoms in total. The number of benzene rings is 2. The summed E-state index contributed by atoms with van der Waals surface area (Å²) >= 11 is 3.32. The predicted molar refractivity (Wildman–Crippen MR) is 117 cm³/mol. The Labute approximate surface area is 181 Å². The number of urea groups is 1. The van der Waals surface area contributed by atoms with Crippen LogP contribution in [-0.2, 0) is 10.0 Å². The fraction of sp³-hybridized carbons (Fsp3) is 0.381. The molecule has 29 heavy (non-hydrogen) atoms. The first-order valence-corrected chi connectivity index (χ1v) is 11.9. The molecule has 1 heterocycles. The number of piperazine rings is 1. The van der Waals surface area contributed by atoms with Gasteiger partial charge in [0.05, 0.1) is 10.9 Å². The van der Waals surface area contributed by atoms with Crippen molar-refractivity contribution in [1.29, 1.82) is 0 Å². The zero-order valence-electron chi connectivity index (χ0n) is 16.6. The van der Waals surface area contributed by atoms with Crippen LogP contribution in [0.1, 0.15) is 25.5 Å². The average Bonchev–Trinajstić information content (AvgIpc) is 2.72. The fourth-order valence-electron chi connectivity index (χ4n) is 3.43. The first-order chi connectivity index (χ1) is 13.8. The van der Waals surface area contributed by atoms with Crippen molar-refractivity contribution < 1.29 is 13.2 Å². The minimum atomic E-state index is -3.57. The SMILES string of the molecule is CC(C)[C@@H](NC(=O)N1CCN(S(=O)(=O)c2cccc(Br)c2)CC1)c1ccccc1. The van der Waals surface area contributed by atoms with E-state index in [2.05, 4.69) is 35.1 Å². The van der Waals surface area contributed by atoms with Gasteiger partial charge >= 0.3 is 6.03 Å². The molecule has 0 spiro atoms. The van der Waals surface area contributed by atoms with Crippen LogP contribution in [0.4, 0.5) is 4.79 Å². The van der Waals surface area contributed by atoms with Crippen molar-refractivity contribution in [3.05, 3.63) is 64.6 Å². The fourth-order valence-corrected chi connectivity index (χ4v) is 5.45. The molecule has 1 aliphatic heterocycles. The lowest BCUT2D eigenvalue weighted by atomic mass is 9.96. The van der Waals surface area contributed by atoms with Crippen molar-refractivity contribution in [3.63, 3.8) is 0 Å². The lowest BCUT2D eigenvalue weighted by Crippen LogP contribution is -2.53. The van der Waals surface area contributed by atoms with Crippen molar-refractivity contribution in [2.45, 2.75) is 24.8 Å². The first-order valence-electron chi connectivity index (χ1n) is 9.65. The summed E-state index contributed by atoms with van der Waals surface area (Å²) in [4.78, 5) is 14.7. The molecule has 156 valence electrons. The van der Waals surface area contributed by atoms with Gasteiger partial charge in [-0.1, -0.05) is 66.2 Å². The molecule has 1 N–H and O–H groups in total. The van der Waals surface area contributed by atoms with Crippen LogP contribution in [0.25, 0.3) is 0 Å². The molecular weight excluding hydrogens is 454 g/mol. The maximum atomic E-state index is 12.9. The van der Waals surface area contributed by atoms with Crippen LogP contribution in [0.15, 0.2) is 64.0 Å². The Kier molecular flexibility index (Phi) is 6.97. The largest absolute Gasteiger partial charge is 0.331 e. The highest BCUT2D eigenvalue weighted by atomic mass is 79.9. The van der Waals surface area contributed by atoms with Crippen molar-refractivity contribution in [3.8, 4) is 0 Å². The van der Waals surface area contributed by atoms with E-state index in [1.807, 2.05) is 30.3 Å². The van der Waals surface area contributed by atoms with E-state index in [0.29, 0.717) is 13.1 Å². The van der Waals surface area contributed by atoms with E-state index in [0.717, 1.165) is 10.0 Å². The van der Waals surface area contributed by atoms with Crippen LogP contribution in [0.2, 0.25) is 0 Å². The number of nitrogens with zero attached hydrogens (tertiary/aromatic N) is 2. The maximum Gasteiger partial charge on any atom is 0.317 e. The minimum Gasteiger partial charge on any atom is -0.331 e. The summed E-state index contributed by atoms with van der Waals surface area (Å²) in [7, 11) is -3.57. The number of rotatable bonds is 5. The third-order valence-electron chi connectivity index (χ3n) is 5.06. The van der Waals surface area contributed by atoms with E-state index in [-0.39, 0.29) is 36.0 Å². The Morgan fingerprint density at radius 1 is 1.00 bits per heavy atom. The molecular formula is C21H26BrN3O3S. The highest BCUT2D eigenvalue weighted by Crippen LogP contribution is 2.23. The van der Waals surface area contributed by atoms with Crippen molar-refractivity contribution in [1.82, 2.24) is 14.5 Å². The molecule has 0 radical (unpaired) electrons. The molecule has 3 rings (SSSR count).